The second kappa shape index (κ2) is 8.27. The predicted octanol–water partition coefficient (Wildman–Crippen LogP) is 5.08. The Kier molecular flexibility index (Phi) is 2.03. The minimum Gasteiger partial charge on any atom is -0.366 e. The van der Waals surface area contributed by atoms with Crippen LogP contribution in [0.4, 0.5) is 10.2 Å². The van der Waals surface area contributed by atoms with E-state index in [1.54, 1.807) is 0 Å². The van der Waals surface area contributed by atoms with Gasteiger partial charge in [0.15, 0.2) is 7.06 Å². The van der Waals surface area contributed by atoms with Crippen molar-refractivity contribution in [1.82, 2.24) is 19.9 Å². The highest BCUT2D eigenvalue weighted by atomic mass is 35.5. The molecule has 1 N–H and O–H groups in total. The lowest BCUT2D eigenvalue weighted by atomic mass is 10.0. The fourth-order valence-corrected chi connectivity index (χ4v) is 3.05. The Morgan fingerprint density at radius 2 is 2.39 bits per heavy atom. The van der Waals surface area contributed by atoms with Gasteiger partial charge < -0.3 is 5.31 Å². The van der Waals surface area contributed by atoms with Crippen molar-refractivity contribution in [3.05, 3.63) is 45.9 Å². The first-order chi connectivity index (χ1) is 21.3. The Labute approximate surface area is 201 Å². The Morgan fingerprint density at radius 3 is 3.14 bits per heavy atom. The van der Waals surface area contributed by atoms with Gasteiger partial charge in [0.25, 0.3) is 0 Å². The van der Waals surface area contributed by atoms with Crippen molar-refractivity contribution in [2.75, 3.05) is 18.3 Å². The van der Waals surface area contributed by atoms with E-state index < -0.39 is 112 Å². The molecule has 28 heavy (non-hydrogen) atoms. The predicted molar refractivity (Wildman–Crippen MR) is 113 cm³/mol. The van der Waals surface area contributed by atoms with Gasteiger partial charge in [-0.25, -0.2) is 19.3 Å². The molecule has 1 aliphatic heterocycles. The Morgan fingerprint density at radius 1 is 1.57 bits per heavy atom. The van der Waals surface area contributed by atoms with Crippen molar-refractivity contribution in [1.29, 1.82) is 0 Å². The fraction of sp³-hybridized carbons (Fsp3) is 0.450. The van der Waals surface area contributed by atoms with Gasteiger partial charge in [-0.05, 0) is 30.4 Å². The minimum absolute atomic E-state index is 0.0711. The van der Waals surface area contributed by atoms with E-state index in [0.29, 0.717) is 12.1 Å². The van der Waals surface area contributed by atoms with E-state index in [0.717, 1.165) is 6.07 Å². The quantitative estimate of drug-likeness (QED) is 0.600. The zero-order chi connectivity index (χ0) is 37.2. The maximum absolute atomic E-state index is 13.9. The van der Waals surface area contributed by atoms with Crippen molar-refractivity contribution < 1.29 is 31.8 Å². The average Bonchev–Trinajstić information content (AvgIpc) is 3.34. The molecule has 0 bridgehead atoms. The molecule has 0 spiro atoms. The molecule has 0 radical (unpaired) electrons. The standard InChI is InChI=1S/C20H23ClFN5S/c1-12(2)20-26-19-17(28-20)18(23-11-24-19)25-14-5-7-27(8-6-14)10-13-3-4-16(22)15(21)9-13/h3-4,9,11-12,14H,5-8,10H2,1-2H3,(H,23,24,25)/i1D3,2D3,5D2,6D2,7D2,8D2,10D2,11D,12D,14D/hD. The third kappa shape index (κ3) is 4.26. The average molecular weight is 440 g/mol. The number of benzene rings is 1. The number of likely N-dealkylation sites (tertiary alicyclic amines) is 1. The molecule has 8 heteroatoms. The summed E-state index contributed by atoms with van der Waals surface area (Å²) in [5, 5.41) is -2.10. The van der Waals surface area contributed by atoms with E-state index in [4.69, 9.17) is 39.1 Å². The third-order valence-electron chi connectivity index (χ3n) is 3.29. The van der Waals surface area contributed by atoms with Gasteiger partial charge >= 0.3 is 0 Å². The summed E-state index contributed by atoms with van der Waals surface area (Å²) in [5.41, 5.74) is -1.46. The molecule has 148 valence electrons. The molecule has 5 nitrogen and oxygen atoms in total. The van der Waals surface area contributed by atoms with Crippen LogP contribution in [-0.4, -0.2) is 38.9 Å². The van der Waals surface area contributed by atoms with Crippen LogP contribution < -0.4 is 5.31 Å². The SMILES string of the molecule is [2H]c1nc(N([2H])C2([2H])C([2H])([2H])C([2H])([2H])N(C([2H])([2H])c3ccc(F)c(Cl)c3)C([2H])([2H])C2([2H])[2H])c2sc(C([2H])(C([2H])([2H])[2H])C([2H])([2H])[2H])nc2n1. The first-order valence-electron chi connectivity index (χ1n) is 17.4. The maximum atomic E-state index is 13.9. The van der Waals surface area contributed by atoms with Crippen LogP contribution in [0.25, 0.3) is 10.3 Å². The summed E-state index contributed by atoms with van der Waals surface area (Å²) in [4.78, 5) is 10.5. The summed E-state index contributed by atoms with van der Waals surface area (Å²) in [6, 6.07) is -2.07. The number of piperidine rings is 1. The molecule has 0 saturated carbocycles. The van der Waals surface area contributed by atoms with E-state index in [1.165, 1.54) is 0 Å². The number of fused-ring (bicyclic) bond motifs is 1. The Hall–Kier alpha value is -1.83. The zero-order valence-electron chi connectivity index (χ0n) is 33.6. The van der Waals surface area contributed by atoms with Crippen LogP contribution in [0.3, 0.4) is 0 Å². The number of thiazole rings is 1. The molecule has 0 aliphatic carbocycles. The molecular weight excluding hydrogens is 397 g/mol. The summed E-state index contributed by atoms with van der Waals surface area (Å²) in [7, 11) is 0. The Balaban J connectivity index is 2.00. The number of rotatable bonds is 5. The molecule has 1 fully saturated rings. The van der Waals surface area contributed by atoms with Gasteiger partial charge in [0.1, 0.15) is 24.0 Å². The van der Waals surface area contributed by atoms with Gasteiger partial charge in [-0.1, -0.05) is 31.4 Å². The number of hydrogen-bond acceptors (Lipinski definition) is 6. The lowest BCUT2D eigenvalue weighted by Gasteiger charge is -2.32. The van der Waals surface area contributed by atoms with Crippen LogP contribution in [0.2, 0.25) is 6.43 Å². The second-order valence-electron chi connectivity index (χ2n) is 5.20. The summed E-state index contributed by atoms with van der Waals surface area (Å²) >= 11 is 5.82. The summed E-state index contributed by atoms with van der Waals surface area (Å²) < 4.78 is 181. The minimum atomic E-state index is -4.14. The van der Waals surface area contributed by atoms with Gasteiger partial charge in [0.05, 0.1) is 11.4 Å². The smallest absolute Gasteiger partial charge is 0.175 e. The van der Waals surface area contributed by atoms with E-state index >= 15 is 0 Å². The van der Waals surface area contributed by atoms with Crippen LogP contribution in [0, 0.1) is 5.82 Å². The number of nitrogens with zero attached hydrogens (tertiary/aromatic N) is 4. The zero-order valence-corrected chi connectivity index (χ0v) is 15.2. The van der Waals surface area contributed by atoms with Crippen molar-refractivity contribution in [3.63, 3.8) is 0 Å². The molecule has 4 rings (SSSR count). The molecular formula is C20H23ClFN5S. The van der Waals surface area contributed by atoms with E-state index in [2.05, 4.69) is 15.0 Å². The van der Waals surface area contributed by atoms with Crippen LogP contribution in [0.5, 0.6) is 0 Å². The van der Waals surface area contributed by atoms with Gasteiger partial charge in [-0.3, -0.25) is 4.90 Å². The lowest BCUT2D eigenvalue weighted by Crippen LogP contribution is -2.38. The van der Waals surface area contributed by atoms with Gasteiger partial charge in [0, 0.05) is 54.7 Å². The van der Waals surface area contributed by atoms with E-state index in [1.807, 2.05) is 0 Å². The van der Waals surface area contributed by atoms with Crippen molar-refractivity contribution in [2.45, 2.75) is 44.9 Å². The number of halogens is 2. The monoisotopic (exact) mass is 439 g/mol. The van der Waals surface area contributed by atoms with E-state index in [-0.39, 0.29) is 11.3 Å². The van der Waals surface area contributed by atoms with Gasteiger partial charge in [-0.15, -0.1) is 11.3 Å². The van der Waals surface area contributed by atoms with Gasteiger partial charge in [0.2, 0.25) is 0 Å². The van der Waals surface area contributed by atoms with Crippen LogP contribution in [-0.2, 0) is 6.50 Å². The number of aromatic nitrogens is 3. The van der Waals surface area contributed by atoms with Crippen LogP contribution in [0.1, 0.15) is 69.0 Å². The summed E-state index contributed by atoms with van der Waals surface area (Å²) in [5.74, 6) is -5.62. The molecule has 0 atom stereocenters. The largest absolute Gasteiger partial charge is 0.366 e. The third-order valence-corrected chi connectivity index (χ3v) is 4.64. The van der Waals surface area contributed by atoms with Crippen LogP contribution >= 0.6 is 22.9 Å². The fourth-order valence-electron chi connectivity index (χ4n) is 2.08. The Bertz CT molecular complexity index is 1720. The molecule has 1 aliphatic rings. The van der Waals surface area contributed by atoms with Crippen LogP contribution in [0.15, 0.2) is 24.5 Å². The number of anilines is 1. The second-order valence-corrected chi connectivity index (χ2v) is 6.61. The molecule has 1 saturated heterocycles. The summed E-state index contributed by atoms with van der Waals surface area (Å²) in [6.45, 7) is -18.8. The lowest BCUT2D eigenvalue weighted by molar-refractivity contribution is 0.211. The first-order valence-corrected chi connectivity index (χ1v) is 8.68. The number of nitrogens with one attached hydrogen (secondary N) is 1. The molecule has 0 unspecified atom stereocenters. The first kappa shape index (κ1) is 6.86. The maximum Gasteiger partial charge on any atom is 0.175 e. The molecule has 3 aromatic rings. The molecule has 2 aromatic heterocycles. The highest BCUT2D eigenvalue weighted by Crippen LogP contribution is 2.31. The highest BCUT2D eigenvalue weighted by Gasteiger charge is 2.21. The van der Waals surface area contributed by atoms with Crippen molar-refractivity contribution >= 4 is 39.1 Å². The number of hydrogen-bond donors (Lipinski definition) is 1. The molecule has 0 amide bonds. The molecule has 1 aromatic carbocycles. The molecule has 3 heterocycles. The normalized spacial score (nSPS) is 36.8. The topological polar surface area (TPSA) is 53.9 Å². The van der Waals surface area contributed by atoms with Crippen molar-refractivity contribution in [2.24, 2.45) is 0 Å². The van der Waals surface area contributed by atoms with E-state index in [9.17, 15) is 4.39 Å². The van der Waals surface area contributed by atoms with Gasteiger partial charge in [-0.2, -0.15) is 0 Å². The van der Waals surface area contributed by atoms with Crippen molar-refractivity contribution in [3.8, 4) is 0 Å². The summed E-state index contributed by atoms with van der Waals surface area (Å²) in [6.07, 6.45) is -9.35. The highest BCUT2D eigenvalue weighted by molar-refractivity contribution is 7.19.